The highest BCUT2D eigenvalue weighted by Crippen LogP contribution is 2.10. The van der Waals surface area contributed by atoms with Gasteiger partial charge in [0.25, 0.3) is 0 Å². The Kier molecular flexibility index (Phi) is 4.91. The summed E-state index contributed by atoms with van der Waals surface area (Å²) in [5.41, 5.74) is 3.78. The van der Waals surface area contributed by atoms with Crippen LogP contribution in [0.2, 0.25) is 0 Å². The largest absolute Gasteiger partial charge is 1.00 e. The molecule has 0 aromatic rings. The van der Waals surface area contributed by atoms with E-state index in [4.69, 9.17) is 0 Å². The summed E-state index contributed by atoms with van der Waals surface area (Å²) in [5.74, 6) is 0. The smallest absolute Gasteiger partial charge is 0.0853 e. The van der Waals surface area contributed by atoms with Gasteiger partial charge in [0.15, 0.2) is 0 Å². The molecule has 1 N–H and O–H groups in total. The Morgan fingerprint density at radius 1 is 1.09 bits per heavy atom. The molecular formula is C8H21FN2. The van der Waals surface area contributed by atoms with E-state index in [2.05, 4.69) is 47.3 Å². The highest BCUT2D eigenvalue weighted by atomic mass is 19.0. The van der Waals surface area contributed by atoms with E-state index in [1.165, 1.54) is 0 Å². The van der Waals surface area contributed by atoms with E-state index in [1.807, 2.05) is 0 Å². The SMILES string of the molecule is CC(C)(C)CN[N+](C)(C)C.[F-]. The fourth-order valence-electron chi connectivity index (χ4n) is 0.474. The van der Waals surface area contributed by atoms with Gasteiger partial charge in [-0.3, -0.25) is 4.59 Å². The Hall–Kier alpha value is -0.150. The first-order valence-corrected chi connectivity index (χ1v) is 3.77. The van der Waals surface area contributed by atoms with E-state index in [-0.39, 0.29) is 4.70 Å². The number of quaternary nitrogens is 1. The maximum absolute atomic E-state index is 3.40. The number of nitrogens with one attached hydrogen (secondary N) is 1. The zero-order valence-electron chi connectivity index (χ0n) is 8.53. The molecule has 0 aliphatic carbocycles. The van der Waals surface area contributed by atoms with Gasteiger partial charge in [0.2, 0.25) is 0 Å². The topological polar surface area (TPSA) is 12.0 Å². The van der Waals surface area contributed by atoms with Gasteiger partial charge in [0.1, 0.15) is 0 Å². The first-order valence-electron chi connectivity index (χ1n) is 3.77. The van der Waals surface area contributed by atoms with Gasteiger partial charge in [-0.1, -0.05) is 20.8 Å². The molecule has 0 aromatic carbocycles. The van der Waals surface area contributed by atoms with Crippen LogP contribution in [0.15, 0.2) is 0 Å². The molecule has 0 atom stereocenters. The Labute approximate surface area is 69.5 Å². The van der Waals surface area contributed by atoms with E-state index in [1.54, 1.807) is 0 Å². The minimum Gasteiger partial charge on any atom is -1.00 e. The lowest BCUT2D eigenvalue weighted by molar-refractivity contribution is -0.916. The van der Waals surface area contributed by atoms with Gasteiger partial charge < -0.3 is 4.70 Å². The number of rotatable bonds is 2. The number of halogens is 1. The van der Waals surface area contributed by atoms with Crippen molar-refractivity contribution in [2.45, 2.75) is 20.8 Å². The van der Waals surface area contributed by atoms with Crippen LogP contribution >= 0.6 is 0 Å². The second kappa shape index (κ2) is 4.02. The first-order chi connectivity index (χ1) is 4.21. The Morgan fingerprint density at radius 3 is 1.55 bits per heavy atom. The molecule has 0 aliphatic heterocycles. The maximum Gasteiger partial charge on any atom is 0.0853 e. The van der Waals surface area contributed by atoms with Crippen molar-refractivity contribution in [2.75, 3.05) is 27.7 Å². The molecule has 70 valence electrons. The zero-order chi connectivity index (χ0) is 8.41. The van der Waals surface area contributed by atoms with Crippen LogP contribution in [0.4, 0.5) is 0 Å². The highest BCUT2D eigenvalue weighted by molar-refractivity contribution is 4.60. The van der Waals surface area contributed by atoms with Crippen molar-refractivity contribution in [3.05, 3.63) is 0 Å². The predicted octanol–water partition coefficient (Wildman–Crippen LogP) is -1.75. The summed E-state index contributed by atoms with van der Waals surface area (Å²) in [7, 11) is 6.39. The molecule has 0 saturated carbocycles. The Bertz CT molecular complexity index is 85.6. The first kappa shape index (κ1) is 13.4. The number of hydrogen-bond donors (Lipinski definition) is 1. The van der Waals surface area contributed by atoms with Gasteiger partial charge in [-0.05, 0) is 5.41 Å². The monoisotopic (exact) mass is 164 g/mol. The quantitative estimate of drug-likeness (QED) is 0.377. The molecule has 0 bridgehead atoms. The van der Waals surface area contributed by atoms with Crippen molar-refractivity contribution in [1.29, 1.82) is 0 Å². The van der Waals surface area contributed by atoms with Crippen molar-refractivity contribution in [2.24, 2.45) is 5.41 Å². The lowest BCUT2D eigenvalue weighted by atomic mass is 9.97. The van der Waals surface area contributed by atoms with Crippen LogP contribution in [-0.2, 0) is 0 Å². The van der Waals surface area contributed by atoms with Crippen LogP contribution in [0.25, 0.3) is 0 Å². The normalized spacial score (nSPS) is 12.5. The van der Waals surface area contributed by atoms with Gasteiger partial charge in [-0.2, -0.15) is 5.43 Å². The third kappa shape index (κ3) is 12.9. The molecule has 0 saturated heterocycles. The van der Waals surface area contributed by atoms with Crippen molar-refractivity contribution in [3.8, 4) is 0 Å². The molecule has 0 rings (SSSR count). The average Bonchev–Trinajstić information content (AvgIpc) is 1.57. The van der Waals surface area contributed by atoms with E-state index in [9.17, 15) is 0 Å². The second-order valence-electron chi connectivity index (χ2n) is 4.91. The third-order valence-electron chi connectivity index (χ3n) is 1.08. The molecule has 0 unspecified atom stereocenters. The molecule has 3 heteroatoms. The minimum atomic E-state index is 0. The molecule has 0 fully saturated rings. The van der Waals surface area contributed by atoms with E-state index in [0.717, 1.165) is 11.1 Å². The fourth-order valence-corrected chi connectivity index (χ4v) is 0.474. The van der Waals surface area contributed by atoms with E-state index >= 15 is 0 Å². The lowest BCUT2D eigenvalue weighted by Gasteiger charge is -2.28. The molecule has 0 heterocycles. The van der Waals surface area contributed by atoms with Gasteiger partial charge in [-0.25, -0.2) is 0 Å². The van der Waals surface area contributed by atoms with Crippen LogP contribution in [0.1, 0.15) is 20.8 Å². The van der Waals surface area contributed by atoms with Crippen LogP contribution in [-0.4, -0.2) is 32.3 Å². The fraction of sp³-hybridized carbons (Fsp3) is 1.00. The van der Waals surface area contributed by atoms with Gasteiger partial charge in [-0.15, -0.1) is 0 Å². The van der Waals surface area contributed by atoms with Crippen molar-refractivity contribution in [1.82, 2.24) is 5.43 Å². The van der Waals surface area contributed by atoms with Crippen molar-refractivity contribution in [3.63, 3.8) is 0 Å². The third-order valence-corrected chi connectivity index (χ3v) is 1.08. The van der Waals surface area contributed by atoms with Crippen molar-refractivity contribution >= 4 is 0 Å². The molecule has 2 nitrogen and oxygen atoms in total. The molecule has 0 spiro atoms. The lowest BCUT2D eigenvalue weighted by Crippen LogP contribution is -3.00. The summed E-state index contributed by atoms with van der Waals surface area (Å²) in [6.45, 7) is 7.75. The second-order valence-corrected chi connectivity index (χ2v) is 4.91. The van der Waals surface area contributed by atoms with Gasteiger partial charge >= 0.3 is 0 Å². The predicted molar refractivity (Wildman–Crippen MR) is 45.5 cm³/mol. The van der Waals surface area contributed by atoms with E-state index in [0.29, 0.717) is 5.41 Å². The van der Waals surface area contributed by atoms with Crippen molar-refractivity contribution < 1.29 is 9.30 Å². The van der Waals surface area contributed by atoms with Gasteiger partial charge in [0.05, 0.1) is 21.1 Å². The van der Waals surface area contributed by atoms with Crippen LogP contribution in [0.3, 0.4) is 0 Å². The summed E-state index contributed by atoms with van der Waals surface area (Å²) in [6.07, 6.45) is 0. The minimum absolute atomic E-state index is 0. The molecule has 0 aromatic heterocycles. The standard InChI is InChI=1S/C8H21N2.FH/c1-8(2,3)7-9-10(4,5)6;/h9H,7H2,1-6H3;1H/q+1;/p-1. The summed E-state index contributed by atoms with van der Waals surface area (Å²) in [5, 5.41) is 0. The highest BCUT2D eigenvalue weighted by Gasteiger charge is 2.14. The summed E-state index contributed by atoms with van der Waals surface area (Å²) in [4.78, 5) is 0. The number of nitrogens with zero attached hydrogens (tertiary/aromatic N) is 1. The van der Waals surface area contributed by atoms with Gasteiger partial charge in [0, 0.05) is 6.54 Å². The molecule has 0 radical (unpaired) electrons. The van der Waals surface area contributed by atoms with Crippen LogP contribution < -0.4 is 10.1 Å². The summed E-state index contributed by atoms with van der Waals surface area (Å²) in [6, 6.07) is 0. The molecule has 0 amide bonds. The molecule has 0 aliphatic rings. The summed E-state index contributed by atoms with van der Waals surface area (Å²) >= 11 is 0. The molecule has 11 heavy (non-hydrogen) atoms. The maximum atomic E-state index is 3.40. The summed E-state index contributed by atoms with van der Waals surface area (Å²) < 4.78 is 0.831. The Morgan fingerprint density at radius 2 is 1.45 bits per heavy atom. The Balaban J connectivity index is 0. The zero-order valence-corrected chi connectivity index (χ0v) is 8.53. The number of hydrogen-bond acceptors (Lipinski definition) is 1. The van der Waals surface area contributed by atoms with E-state index < -0.39 is 0 Å². The van der Waals surface area contributed by atoms with Crippen LogP contribution in [0, 0.1) is 5.41 Å². The van der Waals surface area contributed by atoms with Crippen LogP contribution in [0.5, 0.6) is 0 Å². The average molecular weight is 164 g/mol. The molecular weight excluding hydrogens is 143 g/mol.